The molecule has 0 bridgehead atoms. The summed E-state index contributed by atoms with van der Waals surface area (Å²) in [6.07, 6.45) is 2.15. The van der Waals surface area contributed by atoms with Crippen LogP contribution in [0.5, 0.6) is 0 Å². The Hall–Kier alpha value is -1.73. The number of carboxylic acids is 1. The first-order valence-electron chi connectivity index (χ1n) is 7.08. The van der Waals surface area contributed by atoms with Crippen LogP contribution in [0.3, 0.4) is 0 Å². The zero-order valence-electron chi connectivity index (χ0n) is 12.6. The van der Waals surface area contributed by atoms with Gasteiger partial charge in [-0.2, -0.15) is 0 Å². The van der Waals surface area contributed by atoms with Gasteiger partial charge in [0.1, 0.15) is 10.1 Å². The summed E-state index contributed by atoms with van der Waals surface area (Å²) in [5.41, 5.74) is 0.639. The highest BCUT2D eigenvalue weighted by molar-refractivity contribution is 8.26. The predicted octanol–water partition coefficient (Wildman–Crippen LogP) is 2.19. The summed E-state index contributed by atoms with van der Waals surface area (Å²) in [7, 11) is 0. The average Bonchev–Trinajstić information content (AvgIpc) is 2.77. The van der Waals surface area contributed by atoms with Crippen LogP contribution in [0.25, 0.3) is 6.08 Å². The number of carbonyl (C=O) groups excluding carboxylic acids is 2. The lowest BCUT2D eigenvalue weighted by atomic mass is 9.98. The summed E-state index contributed by atoms with van der Waals surface area (Å²) in [6.45, 7) is 3.58. The Kier molecular flexibility index (Phi) is 5.54. The molecule has 2 rings (SSSR count). The Morgan fingerprint density at radius 1 is 1.43 bits per heavy atom. The van der Waals surface area contributed by atoms with Gasteiger partial charge in [0.2, 0.25) is 0 Å². The molecule has 1 aliphatic heterocycles. The topological polar surface area (TPSA) is 60.4 Å². The molecule has 0 radical (unpaired) electrons. The van der Waals surface area contributed by atoms with Gasteiger partial charge in [-0.15, -0.1) is 0 Å². The maximum Gasteiger partial charge on any atom is 0.266 e. The molecule has 0 unspecified atom stereocenters. The van der Waals surface area contributed by atoms with E-state index in [1.807, 2.05) is 6.92 Å². The molecular weight excluding hydrogens is 337 g/mol. The number of thioether (sulfide) groups is 1. The lowest BCUT2D eigenvalue weighted by molar-refractivity contribution is -0.311. The number of hydrogen-bond donors (Lipinski definition) is 0. The lowest BCUT2D eigenvalue weighted by Crippen LogP contribution is -2.53. The highest BCUT2D eigenvalue weighted by Gasteiger charge is 2.39. The molecule has 1 fully saturated rings. The molecule has 122 valence electrons. The Bertz CT molecular complexity index is 672. The van der Waals surface area contributed by atoms with Crippen LogP contribution in [0.1, 0.15) is 25.8 Å². The van der Waals surface area contributed by atoms with Gasteiger partial charge in [-0.05, 0) is 29.7 Å². The predicted molar refractivity (Wildman–Crippen MR) is 89.7 cm³/mol. The summed E-state index contributed by atoms with van der Waals surface area (Å²) in [5.74, 6) is -2.44. The van der Waals surface area contributed by atoms with Crippen molar-refractivity contribution in [1.29, 1.82) is 0 Å². The van der Waals surface area contributed by atoms with Crippen LogP contribution in [0.2, 0.25) is 0 Å². The highest BCUT2D eigenvalue weighted by Crippen LogP contribution is 2.35. The zero-order valence-corrected chi connectivity index (χ0v) is 14.2. The third-order valence-electron chi connectivity index (χ3n) is 3.69. The van der Waals surface area contributed by atoms with Gasteiger partial charge < -0.3 is 9.90 Å². The van der Waals surface area contributed by atoms with Crippen molar-refractivity contribution in [2.75, 3.05) is 0 Å². The fourth-order valence-corrected chi connectivity index (χ4v) is 3.57. The molecule has 2 atom stereocenters. The second-order valence-electron chi connectivity index (χ2n) is 5.25. The number of thiocarbonyl (C=S) groups is 1. The second kappa shape index (κ2) is 7.23. The van der Waals surface area contributed by atoms with Crippen LogP contribution >= 0.6 is 24.0 Å². The molecule has 0 spiro atoms. The van der Waals surface area contributed by atoms with Gasteiger partial charge in [-0.1, -0.05) is 56.4 Å². The van der Waals surface area contributed by atoms with Crippen LogP contribution in [-0.2, 0) is 9.59 Å². The van der Waals surface area contributed by atoms with Gasteiger partial charge in [0.25, 0.3) is 5.91 Å². The summed E-state index contributed by atoms with van der Waals surface area (Å²) in [6, 6.07) is 4.55. The fourth-order valence-electron chi connectivity index (χ4n) is 2.25. The van der Waals surface area contributed by atoms with E-state index < -0.39 is 17.9 Å². The molecule has 0 saturated carbocycles. The molecule has 1 aromatic carbocycles. The Labute approximate surface area is 143 Å². The molecule has 1 aromatic rings. The van der Waals surface area contributed by atoms with E-state index in [-0.39, 0.29) is 16.1 Å². The summed E-state index contributed by atoms with van der Waals surface area (Å²) >= 11 is 6.21. The van der Waals surface area contributed by atoms with E-state index in [2.05, 4.69) is 0 Å². The first-order chi connectivity index (χ1) is 10.8. The van der Waals surface area contributed by atoms with Crippen LogP contribution in [0, 0.1) is 11.7 Å². The van der Waals surface area contributed by atoms with Gasteiger partial charge in [0.15, 0.2) is 0 Å². The third kappa shape index (κ3) is 3.79. The number of aliphatic carboxylic acids is 1. The van der Waals surface area contributed by atoms with Crippen LogP contribution in [-0.4, -0.2) is 27.1 Å². The number of nitrogens with zero attached hydrogens (tertiary/aromatic N) is 1. The Balaban J connectivity index is 2.32. The Morgan fingerprint density at radius 3 is 2.57 bits per heavy atom. The van der Waals surface area contributed by atoms with E-state index in [0.29, 0.717) is 16.9 Å². The largest absolute Gasteiger partial charge is 0.548 e. The molecule has 1 saturated heterocycles. The van der Waals surface area contributed by atoms with Crippen molar-refractivity contribution in [1.82, 2.24) is 4.90 Å². The van der Waals surface area contributed by atoms with Crippen molar-refractivity contribution >= 4 is 46.3 Å². The number of carbonyl (C=O) groups is 2. The second-order valence-corrected chi connectivity index (χ2v) is 6.93. The van der Waals surface area contributed by atoms with E-state index in [1.54, 1.807) is 13.0 Å². The average molecular weight is 352 g/mol. The van der Waals surface area contributed by atoms with Crippen molar-refractivity contribution in [3.8, 4) is 0 Å². The molecule has 4 nitrogen and oxygen atoms in total. The van der Waals surface area contributed by atoms with E-state index >= 15 is 0 Å². The number of benzene rings is 1. The van der Waals surface area contributed by atoms with Crippen LogP contribution in [0.15, 0.2) is 29.2 Å². The minimum Gasteiger partial charge on any atom is -0.548 e. The van der Waals surface area contributed by atoms with Crippen molar-refractivity contribution in [2.45, 2.75) is 26.3 Å². The van der Waals surface area contributed by atoms with Gasteiger partial charge in [-0.25, -0.2) is 4.39 Å². The minimum atomic E-state index is -1.32. The highest BCUT2D eigenvalue weighted by atomic mass is 32.2. The van der Waals surface area contributed by atoms with Crippen LogP contribution < -0.4 is 5.11 Å². The molecule has 0 aromatic heterocycles. The van der Waals surface area contributed by atoms with Gasteiger partial charge >= 0.3 is 0 Å². The first-order valence-corrected chi connectivity index (χ1v) is 8.31. The fraction of sp³-hybridized carbons (Fsp3) is 0.312. The molecule has 0 N–H and O–H groups in total. The van der Waals surface area contributed by atoms with Gasteiger partial charge in [-0.3, -0.25) is 9.69 Å². The molecule has 1 amide bonds. The molecule has 0 aliphatic carbocycles. The first kappa shape index (κ1) is 17.6. The van der Waals surface area contributed by atoms with Crippen molar-refractivity contribution < 1.29 is 19.1 Å². The smallest absolute Gasteiger partial charge is 0.266 e. The number of hydrogen-bond acceptors (Lipinski definition) is 5. The molecule has 1 heterocycles. The third-order valence-corrected chi connectivity index (χ3v) is 5.02. The monoisotopic (exact) mass is 352 g/mol. The minimum absolute atomic E-state index is 0.192. The standard InChI is InChI=1S/C16H16FNO3S2/c1-3-9(2)13(15(20)21)18-14(19)12(23-16(18)22)8-10-4-6-11(17)7-5-10/h4-9,13H,3H2,1-2H3,(H,20,21)/p-1/b12-8-/t9-,13-/m0/s1. The number of amides is 1. The van der Waals surface area contributed by atoms with E-state index in [9.17, 15) is 19.1 Å². The van der Waals surface area contributed by atoms with E-state index in [1.165, 1.54) is 24.3 Å². The van der Waals surface area contributed by atoms with Gasteiger partial charge in [0, 0.05) is 0 Å². The lowest BCUT2D eigenvalue weighted by Gasteiger charge is -2.32. The van der Waals surface area contributed by atoms with Crippen molar-refractivity contribution in [3.05, 3.63) is 40.6 Å². The molecular formula is C16H15FNO3S2-. The molecule has 1 aliphatic rings. The maximum atomic E-state index is 12.9. The Morgan fingerprint density at radius 2 is 2.04 bits per heavy atom. The number of carboxylic acid groups (broad SMARTS) is 1. The number of halogens is 1. The van der Waals surface area contributed by atoms with E-state index in [4.69, 9.17) is 12.2 Å². The SMILES string of the molecule is CC[C@H](C)[C@@H](C(=O)[O-])N1C(=O)/C(=C/c2ccc(F)cc2)SC1=S. The van der Waals surface area contributed by atoms with E-state index in [0.717, 1.165) is 16.7 Å². The van der Waals surface area contributed by atoms with Gasteiger partial charge in [0.05, 0.1) is 16.9 Å². The normalized spacial score (nSPS) is 19.3. The summed E-state index contributed by atoms with van der Waals surface area (Å²) < 4.78 is 13.1. The summed E-state index contributed by atoms with van der Waals surface area (Å²) in [5, 5.41) is 11.4. The van der Waals surface area contributed by atoms with Crippen LogP contribution in [0.4, 0.5) is 4.39 Å². The quantitative estimate of drug-likeness (QED) is 0.600. The zero-order chi connectivity index (χ0) is 17.1. The maximum absolute atomic E-state index is 12.9. The number of rotatable bonds is 5. The van der Waals surface area contributed by atoms with Crippen molar-refractivity contribution in [3.63, 3.8) is 0 Å². The molecule has 7 heteroatoms. The van der Waals surface area contributed by atoms with Crippen molar-refractivity contribution in [2.24, 2.45) is 5.92 Å². The summed E-state index contributed by atoms with van der Waals surface area (Å²) in [4.78, 5) is 25.4. The molecule has 23 heavy (non-hydrogen) atoms.